The highest BCUT2D eigenvalue weighted by Gasteiger charge is 2.60. The van der Waals surface area contributed by atoms with E-state index in [1.807, 2.05) is 6.92 Å². The molecule has 0 aromatic carbocycles. The summed E-state index contributed by atoms with van der Waals surface area (Å²) in [7, 11) is 0. The molecule has 1 saturated heterocycles. The molecule has 3 nitrogen and oxygen atoms in total. The van der Waals surface area contributed by atoms with Gasteiger partial charge in [0.05, 0.1) is 5.41 Å². The van der Waals surface area contributed by atoms with Gasteiger partial charge in [-0.05, 0) is 38.0 Å². The molecule has 0 aromatic heterocycles. The Morgan fingerprint density at radius 3 is 2.72 bits per heavy atom. The van der Waals surface area contributed by atoms with Gasteiger partial charge in [0.15, 0.2) is 0 Å². The van der Waals surface area contributed by atoms with Crippen molar-refractivity contribution in [2.45, 2.75) is 45.6 Å². The van der Waals surface area contributed by atoms with Crippen molar-refractivity contribution < 1.29 is 14.3 Å². The third-order valence-corrected chi connectivity index (χ3v) is 5.57. The first-order valence-corrected chi connectivity index (χ1v) is 6.89. The quantitative estimate of drug-likeness (QED) is 0.488. The van der Waals surface area contributed by atoms with Crippen LogP contribution in [0.25, 0.3) is 0 Å². The Kier molecular flexibility index (Phi) is 2.45. The summed E-state index contributed by atoms with van der Waals surface area (Å²) in [5, 5.41) is 0. The van der Waals surface area contributed by atoms with E-state index in [9.17, 15) is 9.59 Å². The largest absolute Gasteiger partial charge is 0.457 e. The smallest absolute Gasteiger partial charge is 0.334 e. The highest BCUT2D eigenvalue weighted by atomic mass is 16.6. The van der Waals surface area contributed by atoms with E-state index in [1.165, 1.54) is 0 Å². The van der Waals surface area contributed by atoms with Crippen molar-refractivity contribution in [1.29, 1.82) is 0 Å². The summed E-state index contributed by atoms with van der Waals surface area (Å²) in [5.74, 6) is 0.923. The summed E-state index contributed by atoms with van der Waals surface area (Å²) in [6, 6.07) is 0. The molecule has 0 radical (unpaired) electrons. The van der Waals surface area contributed by atoms with Crippen molar-refractivity contribution in [2.24, 2.45) is 23.2 Å². The molecule has 3 fully saturated rings. The number of carbonyl (C=O) groups excluding carboxylic acids is 2. The Hall–Kier alpha value is -1.12. The lowest BCUT2D eigenvalue weighted by atomic mass is 9.68. The molecule has 1 aliphatic heterocycles. The maximum absolute atomic E-state index is 12.4. The zero-order chi connectivity index (χ0) is 13.1. The minimum Gasteiger partial charge on any atom is -0.457 e. The van der Waals surface area contributed by atoms with Crippen molar-refractivity contribution in [2.75, 3.05) is 0 Å². The van der Waals surface area contributed by atoms with E-state index in [4.69, 9.17) is 4.74 Å². The summed E-state index contributed by atoms with van der Waals surface area (Å²) in [6.45, 7) is 8.11. The molecule has 5 atom stereocenters. The number of carbonyl (C=O) groups is 2. The van der Waals surface area contributed by atoms with E-state index >= 15 is 0 Å². The Morgan fingerprint density at radius 1 is 1.28 bits per heavy atom. The number of ketones is 1. The third-order valence-electron chi connectivity index (χ3n) is 5.57. The summed E-state index contributed by atoms with van der Waals surface area (Å²) in [4.78, 5) is 24.1. The molecule has 0 amide bonds. The van der Waals surface area contributed by atoms with Crippen LogP contribution in [0.3, 0.4) is 0 Å². The Morgan fingerprint density at radius 2 is 2.00 bits per heavy atom. The first kappa shape index (κ1) is 11.9. The number of hydrogen-bond donors (Lipinski definition) is 0. The highest BCUT2D eigenvalue weighted by Crippen LogP contribution is 2.56. The van der Waals surface area contributed by atoms with Gasteiger partial charge in [0, 0.05) is 17.9 Å². The molecule has 3 aliphatic rings. The van der Waals surface area contributed by atoms with Crippen LogP contribution in [0.2, 0.25) is 0 Å². The zero-order valence-corrected chi connectivity index (χ0v) is 11.1. The lowest BCUT2D eigenvalue weighted by molar-refractivity contribution is -0.151. The summed E-state index contributed by atoms with van der Waals surface area (Å²) in [5.41, 5.74) is 0.101. The molecular formula is C15H20O3. The van der Waals surface area contributed by atoms with Crippen LogP contribution >= 0.6 is 0 Å². The molecular weight excluding hydrogens is 228 g/mol. The van der Waals surface area contributed by atoms with Crippen LogP contribution in [-0.4, -0.2) is 17.9 Å². The van der Waals surface area contributed by atoms with Crippen LogP contribution < -0.4 is 0 Å². The fraction of sp³-hybridized carbons (Fsp3) is 0.733. The maximum Gasteiger partial charge on any atom is 0.334 e. The van der Waals surface area contributed by atoms with Gasteiger partial charge < -0.3 is 4.74 Å². The predicted molar refractivity (Wildman–Crippen MR) is 66.7 cm³/mol. The van der Waals surface area contributed by atoms with E-state index < -0.39 is 5.41 Å². The van der Waals surface area contributed by atoms with Gasteiger partial charge in [-0.25, -0.2) is 4.79 Å². The summed E-state index contributed by atoms with van der Waals surface area (Å²) >= 11 is 0. The third kappa shape index (κ3) is 1.30. The number of fused-ring (bicyclic) bond motifs is 3. The van der Waals surface area contributed by atoms with Crippen LogP contribution in [0.4, 0.5) is 0 Å². The molecule has 98 valence electrons. The highest BCUT2D eigenvalue weighted by molar-refractivity contribution is 5.94. The molecule has 0 bridgehead atoms. The lowest BCUT2D eigenvalue weighted by Crippen LogP contribution is -2.44. The first-order chi connectivity index (χ1) is 8.46. The maximum atomic E-state index is 12.4. The minimum absolute atomic E-state index is 0.0528. The van der Waals surface area contributed by atoms with Crippen LogP contribution in [0, 0.1) is 23.2 Å². The van der Waals surface area contributed by atoms with Gasteiger partial charge in [-0.3, -0.25) is 4.79 Å². The Bertz CT molecular complexity index is 439. The van der Waals surface area contributed by atoms with Crippen molar-refractivity contribution >= 4 is 11.8 Å². The molecule has 0 unspecified atom stereocenters. The predicted octanol–water partition coefficient (Wildman–Crippen LogP) is 2.50. The van der Waals surface area contributed by atoms with Gasteiger partial charge in [0.2, 0.25) is 0 Å². The van der Waals surface area contributed by atoms with E-state index in [1.54, 1.807) is 0 Å². The summed E-state index contributed by atoms with van der Waals surface area (Å²) in [6.07, 6.45) is 3.31. The standard InChI is InChI=1S/C15H20O3/c1-8-4-5-10-9(2)14(17)18-13(10)15(3)11(8)6-7-12(15)16/h8,10-11,13H,2,4-7H2,1,3H3/t8-,10+,11+,13+,15+/m1/s1. The molecule has 18 heavy (non-hydrogen) atoms. The molecule has 3 rings (SSSR count). The number of rotatable bonds is 0. The number of ether oxygens (including phenoxy) is 1. The van der Waals surface area contributed by atoms with Crippen LogP contribution in [-0.2, 0) is 14.3 Å². The van der Waals surface area contributed by atoms with Crippen LogP contribution in [0.5, 0.6) is 0 Å². The van der Waals surface area contributed by atoms with Gasteiger partial charge in [-0.2, -0.15) is 0 Å². The summed E-state index contributed by atoms with van der Waals surface area (Å²) < 4.78 is 5.53. The Labute approximate surface area is 108 Å². The fourth-order valence-corrected chi connectivity index (χ4v) is 4.42. The molecule has 0 spiro atoms. The monoisotopic (exact) mass is 248 g/mol. The van der Waals surface area contributed by atoms with Crippen LogP contribution in [0.1, 0.15) is 39.5 Å². The lowest BCUT2D eigenvalue weighted by Gasteiger charge is -2.36. The van der Waals surface area contributed by atoms with E-state index in [0.717, 1.165) is 19.3 Å². The molecule has 1 heterocycles. The van der Waals surface area contributed by atoms with Crippen molar-refractivity contribution in [3.63, 3.8) is 0 Å². The SMILES string of the molecule is C=C1C(=O)O[C@H]2[C@H]1CC[C@@H](C)[C@@H]1CCC(=O)[C@]12C. The average molecular weight is 248 g/mol. The molecule has 0 N–H and O–H groups in total. The van der Waals surface area contributed by atoms with E-state index in [0.29, 0.717) is 23.8 Å². The second-order valence-electron chi connectivity index (χ2n) is 6.36. The molecule has 2 aliphatic carbocycles. The van der Waals surface area contributed by atoms with Gasteiger partial charge in [0.25, 0.3) is 0 Å². The first-order valence-electron chi connectivity index (χ1n) is 6.89. The topological polar surface area (TPSA) is 43.4 Å². The van der Waals surface area contributed by atoms with E-state index in [2.05, 4.69) is 13.5 Å². The second kappa shape index (κ2) is 3.69. The van der Waals surface area contributed by atoms with Crippen molar-refractivity contribution in [3.8, 4) is 0 Å². The van der Waals surface area contributed by atoms with Gasteiger partial charge in [-0.15, -0.1) is 0 Å². The second-order valence-corrected chi connectivity index (χ2v) is 6.36. The normalized spacial score (nSPS) is 47.6. The molecule has 3 heteroatoms. The van der Waals surface area contributed by atoms with Crippen LogP contribution in [0.15, 0.2) is 12.2 Å². The average Bonchev–Trinajstić information content (AvgIpc) is 2.75. The van der Waals surface area contributed by atoms with E-state index in [-0.39, 0.29) is 23.8 Å². The number of hydrogen-bond acceptors (Lipinski definition) is 3. The Balaban J connectivity index is 2.07. The van der Waals surface area contributed by atoms with Crippen molar-refractivity contribution in [3.05, 3.63) is 12.2 Å². The molecule has 2 saturated carbocycles. The number of esters is 1. The fourth-order valence-electron chi connectivity index (χ4n) is 4.42. The van der Waals surface area contributed by atoms with Gasteiger partial charge in [-0.1, -0.05) is 13.5 Å². The minimum atomic E-state index is -0.477. The zero-order valence-electron chi connectivity index (χ0n) is 11.1. The molecule has 0 aromatic rings. The van der Waals surface area contributed by atoms with Gasteiger partial charge >= 0.3 is 5.97 Å². The van der Waals surface area contributed by atoms with Crippen molar-refractivity contribution in [1.82, 2.24) is 0 Å². The number of Topliss-reactive ketones (excluding diaryl/α,β-unsaturated/α-hetero) is 1. The van der Waals surface area contributed by atoms with Gasteiger partial charge in [0.1, 0.15) is 11.9 Å².